The van der Waals surface area contributed by atoms with Crippen LogP contribution >= 0.6 is 15.9 Å². The topological polar surface area (TPSA) is 101 Å². The monoisotopic (exact) mass is 513 g/mol. The summed E-state index contributed by atoms with van der Waals surface area (Å²) in [7, 11) is 1.39. The number of halogens is 1. The summed E-state index contributed by atoms with van der Waals surface area (Å²) < 4.78 is 9.13. The van der Waals surface area contributed by atoms with Crippen LogP contribution in [0.25, 0.3) is 0 Å². The Kier molecular flexibility index (Phi) is 7.02. The molecule has 10 heteroatoms. The van der Waals surface area contributed by atoms with Gasteiger partial charge < -0.3 is 14.1 Å². The Hall–Kier alpha value is -3.27. The van der Waals surface area contributed by atoms with Crippen molar-refractivity contribution < 1.29 is 19.2 Å². The molecule has 3 aromatic rings. The van der Waals surface area contributed by atoms with Crippen molar-refractivity contribution in [2.24, 2.45) is 5.16 Å². The Morgan fingerprint density at radius 2 is 2.06 bits per heavy atom. The first-order valence-corrected chi connectivity index (χ1v) is 11.4. The van der Waals surface area contributed by atoms with Gasteiger partial charge in [0.05, 0.1) is 19.0 Å². The van der Waals surface area contributed by atoms with E-state index in [4.69, 9.17) is 9.57 Å². The number of rotatable bonds is 8. The van der Waals surface area contributed by atoms with Crippen LogP contribution in [-0.2, 0) is 40.5 Å². The maximum absolute atomic E-state index is 12.4. The molecule has 2 heterocycles. The fraction of sp³-hybridized carbons (Fsp3) is 0.348. The third kappa shape index (κ3) is 5.39. The number of carbonyl (C=O) groups excluding carboxylic acids is 2. The summed E-state index contributed by atoms with van der Waals surface area (Å²) in [5.41, 5.74) is 5.09. The lowest BCUT2D eigenvalue weighted by molar-refractivity contribution is -0.141. The molecule has 33 heavy (non-hydrogen) atoms. The van der Waals surface area contributed by atoms with Crippen LogP contribution in [0.3, 0.4) is 0 Å². The third-order valence-corrected chi connectivity index (χ3v) is 5.99. The molecule has 0 fully saturated rings. The van der Waals surface area contributed by atoms with E-state index in [2.05, 4.69) is 31.4 Å². The summed E-state index contributed by atoms with van der Waals surface area (Å²) in [4.78, 5) is 29.8. The van der Waals surface area contributed by atoms with Crippen molar-refractivity contribution in [3.05, 3.63) is 69.2 Å². The number of benzene rings is 1. The molecule has 0 saturated carbocycles. The minimum atomic E-state index is -0.279. The first-order chi connectivity index (χ1) is 15.9. The number of hydrogen-bond donors (Lipinski definition) is 0. The molecule has 0 atom stereocenters. The van der Waals surface area contributed by atoms with Crippen LogP contribution < -0.4 is 0 Å². The SMILES string of the molecule is COC(=O)Cn1c(C)cc2c1CCC/C2=N\OCc1cn(CC(=O)c2cccc(Br)c2)nn1. The highest BCUT2D eigenvalue weighted by atomic mass is 79.9. The predicted octanol–water partition coefficient (Wildman–Crippen LogP) is 3.46. The molecule has 0 unspecified atom stereocenters. The largest absolute Gasteiger partial charge is 0.468 e. The lowest BCUT2D eigenvalue weighted by atomic mass is 9.96. The number of methoxy groups -OCH3 is 1. The average Bonchev–Trinajstić information content (AvgIpc) is 3.38. The summed E-state index contributed by atoms with van der Waals surface area (Å²) in [6.07, 6.45) is 4.27. The zero-order valence-corrected chi connectivity index (χ0v) is 20.0. The number of hydrogen-bond acceptors (Lipinski definition) is 7. The first kappa shape index (κ1) is 22.9. The number of aryl methyl sites for hydroxylation is 1. The normalized spacial score (nSPS) is 14.2. The number of aromatic nitrogens is 4. The molecular formula is C23H24BrN5O4. The number of nitrogens with zero attached hydrogens (tertiary/aromatic N) is 5. The number of esters is 1. The second kappa shape index (κ2) is 10.1. The second-order valence-electron chi connectivity index (χ2n) is 7.81. The average molecular weight is 514 g/mol. The molecule has 4 rings (SSSR count). The Morgan fingerprint density at radius 1 is 1.21 bits per heavy atom. The highest BCUT2D eigenvalue weighted by Crippen LogP contribution is 2.26. The van der Waals surface area contributed by atoms with Crippen LogP contribution in [-0.4, -0.2) is 44.1 Å². The third-order valence-electron chi connectivity index (χ3n) is 5.49. The molecule has 1 aliphatic rings. The van der Waals surface area contributed by atoms with Gasteiger partial charge in [0.1, 0.15) is 18.8 Å². The van der Waals surface area contributed by atoms with Crippen molar-refractivity contribution in [3.63, 3.8) is 0 Å². The van der Waals surface area contributed by atoms with Crippen molar-refractivity contribution in [2.45, 2.75) is 45.9 Å². The standard InChI is InChI=1S/C23H24BrN5O4/c1-15-9-19-20(7-4-8-21(19)29(15)13-23(31)32-2)26-33-14-18-11-28(27-25-18)12-22(30)16-5-3-6-17(24)10-16/h3,5-6,9-11H,4,7-8,12-14H2,1-2H3/b26-20+. The second-order valence-corrected chi connectivity index (χ2v) is 8.73. The zero-order valence-electron chi connectivity index (χ0n) is 18.5. The van der Waals surface area contributed by atoms with Gasteiger partial charge in [-0.1, -0.05) is 38.4 Å². The quantitative estimate of drug-likeness (QED) is 0.259. The molecular weight excluding hydrogens is 490 g/mol. The van der Waals surface area contributed by atoms with E-state index < -0.39 is 0 Å². The molecule has 1 aliphatic carbocycles. The molecule has 0 radical (unpaired) electrons. The van der Waals surface area contributed by atoms with Crippen LogP contribution in [0.1, 0.15) is 45.8 Å². The number of ether oxygens (including phenoxy) is 1. The van der Waals surface area contributed by atoms with Gasteiger partial charge in [-0.3, -0.25) is 9.59 Å². The van der Waals surface area contributed by atoms with Crippen molar-refractivity contribution in [1.29, 1.82) is 0 Å². The molecule has 0 spiro atoms. The molecule has 0 aliphatic heterocycles. The zero-order chi connectivity index (χ0) is 23.4. The Bertz CT molecular complexity index is 1210. The van der Waals surface area contributed by atoms with E-state index in [9.17, 15) is 9.59 Å². The summed E-state index contributed by atoms with van der Waals surface area (Å²) >= 11 is 3.37. The summed E-state index contributed by atoms with van der Waals surface area (Å²) in [6, 6.07) is 9.26. The number of carbonyl (C=O) groups is 2. The van der Waals surface area contributed by atoms with Gasteiger partial charge in [0.15, 0.2) is 12.4 Å². The summed E-state index contributed by atoms with van der Waals surface area (Å²) in [5, 5.41) is 12.4. The summed E-state index contributed by atoms with van der Waals surface area (Å²) in [5.74, 6) is -0.339. The van der Waals surface area contributed by atoms with E-state index in [-0.39, 0.29) is 31.4 Å². The molecule has 9 nitrogen and oxygen atoms in total. The van der Waals surface area contributed by atoms with Crippen LogP contribution in [0.5, 0.6) is 0 Å². The minimum Gasteiger partial charge on any atom is -0.468 e. The maximum Gasteiger partial charge on any atom is 0.325 e. The van der Waals surface area contributed by atoms with Crippen LogP contribution in [0, 0.1) is 6.92 Å². The van der Waals surface area contributed by atoms with Gasteiger partial charge in [0.2, 0.25) is 0 Å². The predicted molar refractivity (Wildman–Crippen MR) is 124 cm³/mol. The maximum atomic E-state index is 12.4. The number of Topliss-reactive ketones (excluding diaryl/α,β-unsaturated/α-hetero) is 1. The van der Waals surface area contributed by atoms with Gasteiger partial charge in [0, 0.05) is 27.0 Å². The molecule has 172 valence electrons. The molecule has 1 aromatic carbocycles. The number of fused-ring (bicyclic) bond motifs is 1. The number of ketones is 1. The Labute approximate surface area is 199 Å². The van der Waals surface area contributed by atoms with Crippen LogP contribution in [0.4, 0.5) is 0 Å². The van der Waals surface area contributed by atoms with Gasteiger partial charge in [-0.05, 0) is 44.4 Å². The van der Waals surface area contributed by atoms with Crippen molar-refractivity contribution in [2.75, 3.05) is 7.11 Å². The number of oxime groups is 1. The van der Waals surface area contributed by atoms with Crippen LogP contribution in [0.15, 0.2) is 46.2 Å². The Morgan fingerprint density at radius 3 is 2.85 bits per heavy atom. The molecule has 0 bridgehead atoms. The van der Waals surface area contributed by atoms with Gasteiger partial charge in [-0.15, -0.1) is 5.10 Å². The van der Waals surface area contributed by atoms with E-state index in [0.717, 1.165) is 46.4 Å². The van der Waals surface area contributed by atoms with E-state index >= 15 is 0 Å². The van der Waals surface area contributed by atoms with Crippen molar-refractivity contribution in [3.8, 4) is 0 Å². The fourth-order valence-electron chi connectivity index (χ4n) is 3.87. The lowest BCUT2D eigenvalue weighted by Gasteiger charge is -2.17. The van der Waals surface area contributed by atoms with Gasteiger partial charge in [-0.2, -0.15) is 0 Å². The van der Waals surface area contributed by atoms with Gasteiger partial charge in [-0.25, -0.2) is 4.68 Å². The van der Waals surface area contributed by atoms with Crippen molar-refractivity contribution in [1.82, 2.24) is 19.6 Å². The van der Waals surface area contributed by atoms with Crippen LogP contribution in [0.2, 0.25) is 0 Å². The van der Waals surface area contributed by atoms with E-state index in [1.54, 1.807) is 18.3 Å². The molecule has 0 saturated heterocycles. The van der Waals surface area contributed by atoms with E-state index in [1.807, 2.05) is 29.7 Å². The Balaban J connectivity index is 1.39. The highest BCUT2D eigenvalue weighted by Gasteiger charge is 2.23. The van der Waals surface area contributed by atoms with Gasteiger partial charge in [0.25, 0.3) is 0 Å². The molecule has 0 amide bonds. The van der Waals surface area contributed by atoms with Crippen molar-refractivity contribution >= 4 is 33.4 Å². The molecule has 0 N–H and O–H groups in total. The van der Waals surface area contributed by atoms with E-state index in [1.165, 1.54) is 11.8 Å². The van der Waals surface area contributed by atoms with E-state index in [0.29, 0.717) is 11.3 Å². The highest BCUT2D eigenvalue weighted by molar-refractivity contribution is 9.10. The molecule has 2 aromatic heterocycles. The van der Waals surface area contributed by atoms with Gasteiger partial charge >= 0.3 is 5.97 Å². The lowest BCUT2D eigenvalue weighted by Crippen LogP contribution is -2.19. The first-order valence-electron chi connectivity index (χ1n) is 10.6. The minimum absolute atomic E-state index is 0.0597. The fourth-order valence-corrected chi connectivity index (χ4v) is 4.27. The smallest absolute Gasteiger partial charge is 0.325 e. The summed E-state index contributed by atoms with van der Waals surface area (Å²) in [6.45, 7) is 2.39.